The molecule has 0 aromatic heterocycles. The number of hydrogen-bond acceptors (Lipinski definition) is 3. The molecule has 0 saturated heterocycles. The molecule has 2 aromatic rings. The van der Waals surface area contributed by atoms with Gasteiger partial charge in [-0.15, -0.1) is 0 Å². The average molecular weight is 445 g/mol. The Balaban J connectivity index is 2.21. The lowest BCUT2D eigenvalue weighted by molar-refractivity contribution is -0.142. The van der Waals surface area contributed by atoms with E-state index in [1.165, 1.54) is 13.2 Å². The van der Waals surface area contributed by atoms with Crippen molar-refractivity contribution in [2.75, 3.05) is 7.11 Å². The minimum Gasteiger partial charge on any atom is -0.467 e. The van der Waals surface area contributed by atoms with Crippen LogP contribution in [0.2, 0.25) is 0 Å². The molecular weight excluding hydrogens is 431 g/mol. The predicted molar refractivity (Wildman–Crippen MR) is 92.5 cm³/mol. The Bertz CT molecular complexity index is 767. The molecule has 126 valence electrons. The van der Waals surface area contributed by atoms with Crippen LogP contribution in [-0.4, -0.2) is 25.0 Å². The van der Waals surface area contributed by atoms with E-state index in [9.17, 15) is 18.4 Å². The topological polar surface area (TPSA) is 55.4 Å². The van der Waals surface area contributed by atoms with E-state index in [1.807, 2.05) is 18.2 Å². The molecule has 4 nitrogen and oxygen atoms in total. The second kappa shape index (κ2) is 8.18. The molecule has 0 aliphatic heterocycles. The fourth-order valence-electron chi connectivity index (χ4n) is 2.15. The maximum Gasteiger partial charge on any atom is 0.328 e. The largest absolute Gasteiger partial charge is 0.467 e. The summed E-state index contributed by atoms with van der Waals surface area (Å²) in [6.07, 6.45) is 0.173. The first-order chi connectivity index (χ1) is 11.4. The normalized spacial score (nSPS) is 11.7. The molecular formula is C17H14F2INO3. The van der Waals surface area contributed by atoms with Crippen LogP contribution in [0.15, 0.2) is 42.5 Å². The van der Waals surface area contributed by atoms with Gasteiger partial charge in [-0.05, 0) is 52.4 Å². The first-order valence-corrected chi connectivity index (χ1v) is 8.07. The fraction of sp³-hybridized carbons (Fsp3) is 0.176. The number of carbonyl (C=O) groups excluding carboxylic acids is 2. The van der Waals surface area contributed by atoms with Crippen LogP contribution in [0, 0.1) is 15.2 Å². The number of nitrogens with one attached hydrogen (secondary N) is 1. The quantitative estimate of drug-likeness (QED) is 0.569. The molecule has 0 aliphatic rings. The highest BCUT2D eigenvalue weighted by Gasteiger charge is 2.24. The Morgan fingerprint density at radius 2 is 1.92 bits per heavy atom. The van der Waals surface area contributed by atoms with E-state index in [0.29, 0.717) is 0 Å². The average Bonchev–Trinajstić information content (AvgIpc) is 2.56. The second-order valence-electron chi connectivity index (χ2n) is 4.98. The Morgan fingerprint density at radius 3 is 2.58 bits per heavy atom. The monoisotopic (exact) mass is 445 g/mol. The molecule has 0 fully saturated rings. The van der Waals surface area contributed by atoms with E-state index < -0.39 is 35.1 Å². The number of methoxy groups -OCH3 is 1. The van der Waals surface area contributed by atoms with Crippen LogP contribution in [0.3, 0.4) is 0 Å². The maximum atomic E-state index is 13.7. The highest BCUT2D eigenvalue weighted by atomic mass is 127. The predicted octanol–water partition coefficient (Wildman–Crippen LogP) is 3.08. The van der Waals surface area contributed by atoms with Crippen LogP contribution < -0.4 is 5.32 Å². The van der Waals surface area contributed by atoms with Crippen LogP contribution >= 0.6 is 22.6 Å². The van der Waals surface area contributed by atoms with Crippen molar-refractivity contribution in [2.45, 2.75) is 12.5 Å². The van der Waals surface area contributed by atoms with Gasteiger partial charge in [0, 0.05) is 9.99 Å². The molecule has 7 heteroatoms. The lowest BCUT2D eigenvalue weighted by atomic mass is 10.1. The minimum absolute atomic E-state index is 0.173. The van der Waals surface area contributed by atoms with Crippen molar-refractivity contribution in [1.29, 1.82) is 0 Å². The first kappa shape index (κ1) is 18.3. The van der Waals surface area contributed by atoms with Crippen molar-refractivity contribution in [2.24, 2.45) is 0 Å². The summed E-state index contributed by atoms with van der Waals surface area (Å²) < 4.78 is 32.6. The summed E-state index contributed by atoms with van der Waals surface area (Å²) in [5.74, 6) is -3.94. The number of rotatable bonds is 5. The molecule has 0 bridgehead atoms. The van der Waals surface area contributed by atoms with Crippen LogP contribution in [0.1, 0.15) is 15.9 Å². The number of hydrogen-bond donors (Lipinski definition) is 1. The fourth-order valence-corrected chi connectivity index (χ4v) is 2.76. The molecule has 2 aromatic carbocycles. The zero-order chi connectivity index (χ0) is 17.7. The molecule has 0 saturated carbocycles. The number of esters is 1. The van der Waals surface area contributed by atoms with E-state index in [-0.39, 0.29) is 6.42 Å². The molecule has 2 rings (SSSR count). The van der Waals surface area contributed by atoms with Crippen molar-refractivity contribution >= 4 is 34.5 Å². The Labute approximate surface area is 151 Å². The number of halogens is 3. The molecule has 24 heavy (non-hydrogen) atoms. The highest BCUT2D eigenvalue weighted by Crippen LogP contribution is 2.13. The Hall–Kier alpha value is -2.03. The second-order valence-corrected chi connectivity index (χ2v) is 6.23. The maximum absolute atomic E-state index is 13.7. The van der Waals surface area contributed by atoms with Gasteiger partial charge in [0.05, 0.1) is 12.7 Å². The number of amides is 1. The van der Waals surface area contributed by atoms with E-state index in [0.717, 1.165) is 21.3 Å². The van der Waals surface area contributed by atoms with E-state index >= 15 is 0 Å². The zero-order valence-corrected chi connectivity index (χ0v) is 14.8. The third-order valence-corrected chi connectivity index (χ3v) is 3.99. The highest BCUT2D eigenvalue weighted by molar-refractivity contribution is 14.1. The molecule has 0 unspecified atom stereocenters. The Morgan fingerprint density at radius 1 is 1.21 bits per heavy atom. The summed E-state index contributed by atoms with van der Waals surface area (Å²) in [6.45, 7) is 0. The molecule has 1 N–H and O–H groups in total. The SMILES string of the molecule is COC(=O)[C@@H](Cc1cccc(I)c1)NC(=O)c1cccc(F)c1F. The smallest absolute Gasteiger partial charge is 0.328 e. The van der Waals surface area contributed by atoms with Crippen molar-refractivity contribution in [3.05, 3.63) is 68.8 Å². The number of ether oxygens (including phenoxy) is 1. The van der Waals surface area contributed by atoms with Gasteiger partial charge in [0.1, 0.15) is 6.04 Å². The van der Waals surface area contributed by atoms with Crippen molar-refractivity contribution in [1.82, 2.24) is 5.32 Å². The summed E-state index contributed by atoms with van der Waals surface area (Å²) >= 11 is 2.13. The van der Waals surface area contributed by atoms with Gasteiger partial charge >= 0.3 is 5.97 Å². The van der Waals surface area contributed by atoms with Crippen molar-refractivity contribution < 1.29 is 23.1 Å². The third kappa shape index (κ3) is 4.50. The van der Waals surface area contributed by atoms with E-state index in [4.69, 9.17) is 0 Å². The van der Waals surface area contributed by atoms with Crippen LogP contribution in [0.25, 0.3) is 0 Å². The summed E-state index contributed by atoms with van der Waals surface area (Å²) in [7, 11) is 1.19. The summed E-state index contributed by atoms with van der Waals surface area (Å²) in [5, 5.41) is 2.40. The van der Waals surface area contributed by atoms with Gasteiger partial charge in [-0.1, -0.05) is 18.2 Å². The van der Waals surface area contributed by atoms with Crippen LogP contribution in [-0.2, 0) is 16.0 Å². The summed E-state index contributed by atoms with van der Waals surface area (Å²) in [5.41, 5.74) is 0.337. The van der Waals surface area contributed by atoms with Gasteiger partial charge in [0.25, 0.3) is 5.91 Å². The lowest BCUT2D eigenvalue weighted by Gasteiger charge is -2.17. The third-order valence-electron chi connectivity index (χ3n) is 3.32. The van der Waals surface area contributed by atoms with E-state index in [1.54, 1.807) is 6.07 Å². The summed E-state index contributed by atoms with van der Waals surface area (Å²) in [6, 6.07) is 9.63. The minimum atomic E-state index is -1.26. The molecule has 0 radical (unpaired) electrons. The van der Waals surface area contributed by atoms with Crippen LogP contribution in [0.5, 0.6) is 0 Å². The van der Waals surface area contributed by atoms with Gasteiger partial charge < -0.3 is 10.1 Å². The molecule has 0 heterocycles. The lowest BCUT2D eigenvalue weighted by Crippen LogP contribution is -2.43. The van der Waals surface area contributed by atoms with Crippen molar-refractivity contribution in [3.63, 3.8) is 0 Å². The first-order valence-electron chi connectivity index (χ1n) is 6.99. The Kier molecular flexibility index (Phi) is 6.24. The van der Waals surface area contributed by atoms with Gasteiger partial charge in [-0.2, -0.15) is 0 Å². The van der Waals surface area contributed by atoms with Crippen molar-refractivity contribution in [3.8, 4) is 0 Å². The standard InChI is InChI=1S/C17H14F2INO3/c1-24-17(23)14(9-10-4-2-5-11(20)8-10)21-16(22)12-6-3-7-13(18)15(12)19/h2-8,14H,9H2,1H3,(H,21,22)/t14-/m1/s1. The molecule has 1 amide bonds. The van der Waals surface area contributed by atoms with E-state index in [2.05, 4.69) is 32.6 Å². The molecule has 0 spiro atoms. The number of carbonyl (C=O) groups is 2. The van der Waals surface area contributed by atoms with Gasteiger partial charge in [0.2, 0.25) is 0 Å². The van der Waals surface area contributed by atoms with Gasteiger partial charge in [-0.3, -0.25) is 4.79 Å². The molecule has 0 aliphatic carbocycles. The summed E-state index contributed by atoms with van der Waals surface area (Å²) in [4.78, 5) is 24.1. The zero-order valence-electron chi connectivity index (χ0n) is 12.7. The molecule has 1 atom stereocenters. The van der Waals surface area contributed by atoms with Crippen LogP contribution in [0.4, 0.5) is 8.78 Å². The van der Waals surface area contributed by atoms with Gasteiger partial charge in [0.15, 0.2) is 11.6 Å². The van der Waals surface area contributed by atoms with Gasteiger partial charge in [-0.25, -0.2) is 13.6 Å². The number of benzene rings is 2.